The van der Waals surface area contributed by atoms with Gasteiger partial charge in [0, 0.05) is 23.5 Å². The molecule has 0 unspecified atom stereocenters. The minimum absolute atomic E-state index is 0.0489. The molecule has 164 valence electrons. The van der Waals surface area contributed by atoms with Gasteiger partial charge in [-0.3, -0.25) is 4.79 Å². The van der Waals surface area contributed by atoms with Gasteiger partial charge in [-0.05, 0) is 51.3 Å². The van der Waals surface area contributed by atoms with Crippen molar-refractivity contribution in [2.75, 3.05) is 5.32 Å². The molecule has 1 saturated carbocycles. The van der Waals surface area contributed by atoms with Crippen LogP contribution in [-0.2, 0) is 0 Å². The second-order valence-electron chi connectivity index (χ2n) is 8.25. The van der Waals surface area contributed by atoms with Crippen molar-refractivity contribution >= 4 is 23.1 Å². The highest BCUT2D eigenvalue weighted by atomic mass is 32.1. The van der Waals surface area contributed by atoms with Crippen molar-refractivity contribution in [1.29, 1.82) is 0 Å². The van der Waals surface area contributed by atoms with Crippen LogP contribution in [0.1, 0.15) is 60.3 Å². The molecule has 0 atom stereocenters. The van der Waals surface area contributed by atoms with Crippen molar-refractivity contribution in [2.45, 2.75) is 45.6 Å². The van der Waals surface area contributed by atoms with E-state index < -0.39 is 11.7 Å². The molecule has 1 aliphatic carbocycles. The number of amides is 1. The van der Waals surface area contributed by atoms with Gasteiger partial charge in [-0.15, -0.1) is 21.5 Å². The number of rotatable bonds is 6. The molecule has 5 rings (SSSR count). The average Bonchev–Trinajstić information content (AvgIpc) is 3.15. The van der Waals surface area contributed by atoms with Crippen LogP contribution in [0, 0.1) is 12.7 Å². The standard InChI is InChI=1S/C22H22FN7OS/c1-12(2)30-11-25-28-20(30)22-27-19(9-32-22)26-21(31)15-7-18(13(3)6-16(15)23)29-8-17(24-10-29)14-4-5-14/h6-12,14H,4-5H2,1-3H3,(H,26,31). The first-order valence-corrected chi connectivity index (χ1v) is 11.3. The monoisotopic (exact) mass is 451 g/mol. The molecule has 3 heterocycles. The second-order valence-corrected chi connectivity index (χ2v) is 9.10. The maximum absolute atomic E-state index is 14.7. The van der Waals surface area contributed by atoms with Crippen molar-refractivity contribution in [3.63, 3.8) is 0 Å². The predicted octanol–water partition coefficient (Wildman–Crippen LogP) is 4.75. The van der Waals surface area contributed by atoms with Crippen LogP contribution < -0.4 is 5.32 Å². The number of anilines is 1. The van der Waals surface area contributed by atoms with E-state index in [-0.39, 0.29) is 11.6 Å². The fraction of sp³-hybridized carbons (Fsp3) is 0.318. The molecule has 0 spiro atoms. The minimum Gasteiger partial charge on any atom is -0.309 e. The van der Waals surface area contributed by atoms with E-state index in [9.17, 15) is 9.18 Å². The zero-order valence-electron chi connectivity index (χ0n) is 17.9. The van der Waals surface area contributed by atoms with E-state index in [1.807, 2.05) is 36.1 Å². The smallest absolute Gasteiger partial charge is 0.259 e. The summed E-state index contributed by atoms with van der Waals surface area (Å²) in [6.07, 6.45) is 7.62. The van der Waals surface area contributed by atoms with Crippen molar-refractivity contribution in [2.24, 2.45) is 0 Å². The molecule has 32 heavy (non-hydrogen) atoms. The topological polar surface area (TPSA) is 90.5 Å². The molecule has 3 aromatic heterocycles. The van der Waals surface area contributed by atoms with E-state index >= 15 is 0 Å². The Labute approximate surface area is 188 Å². The molecule has 4 aromatic rings. The van der Waals surface area contributed by atoms with Crippen molar-refractivity contribution < 1.29 is 9.18 Å². The lowest BCUT2D eigenvalue weighted by Crippen LogP contribution is -2.15. The van der Waals surface area contributed by atoms with Gasteiger partial charge < -0.3 is 14.5 Å². The van der Waals surface area contributed by atoms with Crippen LogP contribution in [0.5, 0.6) is 0 Å². The van der Waals surface area contributed by atoms with E-state index in [2.05, 4.69) is 25.5 Å². The summed E-state index contributed by atoms with van der Waals surface area (Å²) in [7, 11) is 0. The first kappa shape index (κ1) is 20.5. The lowest BCUT2D eigenvalue weighted by atomic mass is 10.1. The summed E-state index contributed by atoms with van der Waals surface area (Å²) in [6.45, 7) is 5.86. The van der Waals surface area contributed by atoms with Gasteiger partial charge >= 0.3 is 0 Å². The Kier molecular flexibility index (Phi) is 5.09. The molecular formula is C22H22FN7OS. The van der Waals surface area contributed by atoms with Crippen LogP contribution >= 0.6 is 11.3 Å². The fourth-order valence-electron chi connectivity index (χ4n) is 3.56. The largest absolute Gasteiger partial charge is 0.309 e. The lowest BCUT2D eigenvalue weighted by Gasteiger charge is -2.11. The van der Waals surface area contributed by atoms with Crippen LogP contribution in [0.15, 0.2) is 36.4 Å². The Morgan fingerprint density at radius 1 is 1.28 bits per heavy atom. The van der Waals surface area contributed by atoms with Gasteiger partial charge in [0.05, 0.1) is 23.3 Å². The van der Waals surface area contributed by atoms with E-state index in [1.165, 1.54) is 17.4 Å². The van der Waals surface area contributed by atoms with Crippen LogP contribution in [0.4, 0.5) is 10.2 Å². The number of hydrogen-bond donors (Lipinski definition) is 1. The number of benzene rings is 1. The third-order valence-electron chi connectivity index (χ3n) is 5.47. The fourth-order valence-corrected chi connectivity index (χ4v) is 4.30. The number of carbonyl (C=O) groups excluding carboxylic acids is 1. The molecule has 1 aliphatic rings. The van der Waals surface area contributed by atoms with Crippen molar-refractivity contribution in [3.05, 3.63) is 59.0 Å². The minimum atomic E-state index is -0.582. The number of carbonyl (C=O) groups is 1. The summed E-state index contributed by atoms with van der Waals surface area (Å²) in [5.41, 5.74) is 2.43. The summed E-state index contributed by atoms with van der Waals surface area (Å²) >= 11 is 1.34. The molecule has 8 nitrogen and oxygen atoms in total. The van der Waals surface area contributed by atoms with E-state index in [4.69, 9.17) is 0 Å². The maximum atomic E-state index is 14.7. The SMILES string of the molecule is Cc1cc(F)c(C(=O)Nc2csc(-c3nncn3C(C)C)n2)cc1-n1cnc(C2CC2)c1. The van der Waals surface area contributed by atoms with Gasteiger partial charge in [-0.2, -0.15) is 0 Å². The van der Waals surface area contributed by atoms with Crippen molar-refractivity contribution in [1.82, 2.24) is 29.3 Å². The van der Waals surface area contributed by atoms with Gasteiger partial charge in [0.2, 0.25) is 0 Å². The molecule has 0 aliphatic heterocycles. The number of thiazole rings is 1. The third kappa shape index (κ3) is 3.81. The van der Waals surface area contributed by atoms with E-state index in [0.29, 0.717) is 22.6 Å². The molecule has 0 radical (unpaired) electrons. The van der Waals surface area contributed by atoms with Gasteiger partial charge in [0.25, 0.3) is 5.91 Å². The van der Waals surface area contributed by atoms with Crippen LogP contribution in [-0.4, -0.2) is 35.2 Å². The third-order valence-corrected chi connectivity index (χ3v) is 6.31. The number of aromatic nitrogens is 6. The number of halogens is 1. The van der Waals surface area contributed by atoms with Gasteiger partial charge in [0.1, 0.15) is 18.0 Å². The lowest BCUT2D eigenvalue weighted by molar-refractivity contribution is 0.102. The van der Waals surface area contributed by atoms with Gasteiger partial charge in [0.15, 0.2) is 10.8 Å². The highest BCUT2D eigenvalue weighted by Gasteiger charge is 2.26. The Morgan fingerprint density at radius 2 is 2.09 bits per heavy atom. The maximum Gasteiger partial charge on any atom is 0.259 e. The molecular weight excluding hydrogens is 429 g/mol. The molecule has 10 heteroatoms. The molecule has 0 bridgehead atoms. The quantitative estimate of drug-likeness (QED) is 0.457. The molecule has 0 saturated heterocycles. The second kappa shape index (κ2) is 7.94. The van der Waals surface area contributed by atoms with E-state index in [1.54, 1.807) is 24.1 Å². The highest BCUT2D eigenvalue weighted by molar-refractivity contribution is 7.13. The first-order chi connectivity index (χ1) is 15.4. The zero-order chi connectivity index (χ0) is 22.4. The highest BCUT2D eigenvalue weighted by Crippen LogP contribution is 2.39. The Bertz CT molecular complexity index is 1300. The molecule has 1 fully saturated rings. The van der Waals surface area contributed by atoms with Crippen LogP contribution in [0.2, 0.25) is 0 Å². The first-order valence-electron chi connectivity index (χ1n) is 10.4. The number of hydrogen-bond acceptors (Lipinski definition) is 6. The normalized spacial score (nSPS) is 13.7. The Balaban J connectivity index is 1.40. The van der Waals surface area contributed by atoms with Gasteiger partial charge in [-0.1, -0.05) is 0 Å². The van der Waals surface area contributed by atoms with Crippen LogP contribution in [0.3, 0.4) is 0 Å². The zero-order valence-corrected chi connectivity index (χ0v) is 18.7. The van der Waals surface area contributed by atoms with Crippen molar-refractivity contribution in [3.8, 4) is 16.5 Å². The van der Waals surface area contributed by atoms with Crippen LogP contribution in [0.25, 0.3) is 16.5 Å². The number of nitrogens with zero attached hydrogens (tertiary/aromatic N) is 6. The molecule has 1 amide bonds. The molecule has 1 aromatic carbocycles. The summed E-state index contributed by atoms with van der Waals surface area (Å²) in [6, 6.07) is 3.10. The average molecular weight is 452 g/mol. The predicted molar refractivity (Wildman–Crippen MR) is 120 cm³/mol. The Hall–Kier alpha value is -3.40. The van der Waals surface area contributed by atoms with Gasteiger partial charge in [-0.25, -0.2) is 14.4 Å². The summed E-state index contributed by atoms with van der Waals surface area (Å²) in [4.78, 5) is 21.8. The Morgan fingerprint density at radius 3 is 2.84 bits per heavy atom. The summed E-state index contributed by atoms with van der Waals surface area (Å²) < 4.78 is 18.4. The van der Waals surface area contributed by atoms with E-state index in [0.717, 1.165) is 29.8 Å². The molecule has 1 N–H and O–H groups in total. The summed E-state index contributed by atoms with van der Waals surface area (Å²) in [5.74, 6) is 0.337. The number of aryl methyl sites for hydroxylation is 1. The summed E-state index contributed by atoms with van der Waals surface area (Å²) in [5, 5.41) is 13.1. The number of imidazole rings is 1. The number of nitrogens with one attached hydrogen (secondary N) is 1.